The molecule has 0 heterocycles. The summed E-state index contributed by atoms with van der Waals surface area (Å²) < 4.78 is 4.68. The average molecular weight is 130 g/mol. The molecule has 0 aromatic rings. The van der Waals surface area contributed by atoms with Gasteiger partial charge in [0.25, 0.3) is 0 Å². The van der Waals surface area contributed by atoms with Gasteiger partial charge in [-0.2, -0.15) is 0 Å². The van der Waals surface area contributed by atoms with Crippen LogP contribution in [0.5, 0.6) is 0 Å². The van der Waals surface area contributed by atoms with E-state index >= 15 is 0 Å². The van der Waals surface area contributed by atoms with Crippen molar-refractivity contribution >= 4 is 0 Å². The molecule has 0 N–H and O–H groups in total. The van der Waals surface area contributed by atoms with Gasteiger partial charge in [0.15, 0.2) is 0 Å². The third-order valence-corrected chi connectivity index (χ3v) is 0.826. The van der Waals surface area contributed by atoms with Gasteiger partial charge in [0, 0.05) is 0 Å². The maximum Gasteiger partial charge on any atom is 1.00 e. The quantitative estimate of drug-likeness (QED) is 0.208. The number of rotatable bonds is 3. The van der Waals surface area contributed by atoms with Gasteiger partial charge in [0.1, 0.15) is 0 Å². The molecule has 0 atom stereocenters. The molecular formula is C8H11LiO. The van der Waals surface area contributed by atoms with Crippen molar-refractivity contribution in [1.29, 1.82) is 0 Å². The molecule has 0 unspecified atom stereocenters. The van der Waals surface area contributed by atoms with E-state index in [0.29, 0.717) is 0 Å². The number of methoxy groups -OCH3 is 1. The van der Waals surface area contributed by atoms with E-state index in [9.17, 15) is 0 Å². The van der Waals surface area contributed by atoms with Gasteiger partial charge >= 0.3 is 18.9 Å². The zero-order valence-corrected chi connectivity index (χ0v) is 6.79. The summed E-state index contributed by atoms with van der Waals surface area (Å²) >= 11 is 0. The molecule has 0 saturated heterocycles. The van der Waals surface area contributed by atoms with Gasteiger partial charge in [-0.05, 0) is 6.08 Å². The van der Waals surface area contributed by atoms with Gasteiger partial charge < -0.3 is 4.74 Å². The molecule has 0 aliphatic rings. The van der Waals surface area contributed by atoms with Crippen LogP contribution in [0.25, 0.3) is 0 Å². The van der Waals surface area contributed by atoms with Crippen LogP contribution in [0.2, 0.25) is 0 Å². The van der Waals surface area contributed by atoms with Gasteiger partial charge in [-0.1, -0.05) is 6.92 Å². The Morgan fingerprint density at radius 3 is 2.50 bits per heavy atom. The van der Waals surface area contributed by atoms with Crippen LogP contribution in [-0.2, 0) is 4.74 Å². The Kier molecular flexibility index (Phi) is 10.6. The van der Waals surface area contributed by atoms with Crippen LogP contribution in [0, 0.1) is 6.58 Å². The first-order chi connectivity index (χ1) is 4.31. The van der Waals surface area contributed by atoms with Gasteiger partial charge in [-0.25, -0.2) is 12.2 Å². The molecule has 0 bridgehead atoms. The Hall–Kier alpha value is -0.383. The first-order valence-corrected chi connectivity index (χ1v) is 2.72. The Bertz CT molecular complexity index is 136. The SMILES string of the molecule is [CH-]=CC=C(C)C=COC.[Li+]. The summed E-state index contributed by atoms with van der Waals surface area (Å²) in [6.45, 7) is 7.07. The van der Waals surface area contributed by atoms with E-state index in [1.54, 1.807) is 19.4 Å². The number of ether oxygens (including phenoxy) is 1. The van der Waals surface area contributed by atoms with Crippen molar-refractivity contribution in [1.82, 2.24) is 0 Å². The molecule has 0 aliphatic heterocycles. The van der Waals surface area contributed by atoms with Gasteiger partial charge in [-0.15, -0.1) is 5.57 Å². The topological polar surface area (TPSA) is 9.23 Å². The molecule has 0 radical (unpaired) electrons. The Labute approximate surface area is 74.6 Å². The second-order valence-electron chi connectivity index (χ2n) is 1.64. The van der Waals surface area contributed by atoms with Crippen LogP contribution in [0.1, 0.15) is 6.92 Å². The monoisotopic (exact) mass is 130 g/mol. The van der Waals surface area contributed by atoms with E-state index in [1.807, 2.05) is 13.0 Å². The Morgan fingerprint density at radius 2 is 2.10 bits per heavy atom. The molecule has 2 heteroatoms. The Morgan fingerprint density at radius 1 is 1.50 bits per heavy atom. The van der Waals surface area contributed by atoms with Crippen LogP contribution in [0.3, 0.4) is 0 Å². The number of hydrogen-bond donors (Lipinski definition) is 0. The molecule has 0 spiro atoms. The van der Waals surface area contributed by atoms with E-state index in [4.69, 9.17) is 6.58 Å². The largest absolute Gasteiger partial charge is 1.00 e. The molecule has 10 heavy (non-hydrogen) atoms. The summed E-state index contributed by atoms with van der Waals surface area (Å²) in [4.78, 5) is 0. The molecule has 50 valence electrons. The maximum absolute atomic E-state index is 5.13. The fourth-order valence-electron chi connectivity index (χ4n) is 0.383. The van der Waals surface area contributed by atoms with Crippen molar-refractivity contribution in [3.05, 3.63) is 36.6 Å². The van der Waals surface area contributed by atoms with Crippen LogP contribution in [-0.4, -0.2) is 7.11 Å². The fourth-order valence-corrected chi connectivity index (χ4v) is 0.383. The maximum atomic E-state index is 5.13. The molecule has 0 aromatic heterocycles. The van der Waals surface area contributed by atoms with Crippen molar-refractivity contribution in [2.24, 2.45) is 0 Å². The second kappa shape index (κ2) is 8.62. The first kappa shape index (κ1) is 12.3. The van der Waals surface area contributed by atoms with Crippen LogP contribution < -0.4 is 18.9 Å². The molecule has 0 amide bonds. The van der Waals surface area contributed by atoms with Crippen molar-refractivity contribution in [3.63, 3.8) is 0 Å². The summed E-state index contributed by atoms with van der Waals surface area (Å²) in [5, 5.41) is 0. The summed E-state index contributed by atoms with van der Waals surface area (Å²) in [5.41, 5.74) is 1.07. The van der Waals surface area contributed by atoms with Crippen LogP contribution in [0.4, 0.5) is 0 Å². The van der Waals surface area contributed by atoms with Crippen molar-refractivity contribution < 1.29 is 23.6 Å². The smallest absolute Gasteiger partial charge is 0.504 e. The first-order valence-electron chi connectivity index (χ1n) is 2.72. The van der Waals surface area contributed by atoms with E-state index in [0.717, 1.165) is 5.57 Å². The van der Waals surface area contributed by atoms with Crippen LogP contribution in [0.15, 0.2) is 30.1 Å². The number of hydrogen-bond acceptors (Lipinski definition) is 1. The van der Waals surface area contributed by atoms with Crippen LogP contribution >= 0.6 is 0 Å². The molecule has 0 saturated carbocycles. The molecule has 0 aromatic carbocycles. The minimum Gasteiger partial charge on any atom is -0.504 e. The fraction of sp³-hybridized carbons (Fsp3) is 0.250. The summed E-state index contributed by atoms with van der Waals surface area (Å²) in [6.07, 6.45) is 6.74. The molecule has 0 rings (SSSR count). The van der Waals surface area contributed by atoms with Gasteiger partial charge in [0.05, 0.1) is 13.4 Å². The second-order valence-corrected chi connectivity index (χ2v) is 1.64. The predicted molar refractivity (Wildman–Crippen MR) is 38.8 cm³/mol. The summed E-state index contributed by atoms with van der Waals surface area (Å²) in [7, 11) is 1.61. The zero-order valence-electron chi connectivity index (χ0n) is 6.79. The predicted octanol–water partition coefficient (Wildman–Crippen LogP) is -0.914. The third-order valence-electron chi connectivity index (χ3n) is 0.826. The minimum absolute atomic E-state index is 0. The molecule has 1 nitrogen and oxygen atoms in total. The zero-order chi connectivity index (χ0) is 7.11. The van der Waals surface area contributed by atoms with Gasteiger partial charge in [0.2, 0.25) is 0 Å². The molecule has 0 aliphatic carbocycles. The standard InChI is InChI=1S/C8H11O.Li/c1-4-5-8(2)6-7-9-3;/h1,4-7H,2-3H3;/q-1;+1. The Balaban J connectivity index is 0. The molecule has 0 fully saturated rings. The summed E-state index contributed by atoms with van der Waals surface area (Å²) in [5.74, 6) is 0. The average Bonchev–Trinajstić information content (AvgIpc) is 1.85. The minimum atomic E-state index is 0. The van der Waals surface area contributed by atoms with Crippen molar-refractivity contribution in [3.8, 4) is 0 Å². The summed E-state index contributed by atoms with van der Waals surface area (Å²) in [6, 6.07) is 0. The van der Waals surface area contributed by atoms with Crippen molar-refractivity contribution in [2.75, 3.05) is 7.11 Å². The number of allylic oxidation sites excluding steroid dienone is 4. The van der Waals surface area contributed by atoms with E-state index < -0.39 is 0 Å². The molecular weight excluding hydrogens is 119 g/mol. The van der Waals surface area contributed by atoms with E-state index in [2.05, 4.69) is 4.74 Å². The van der Waals surface area contributed by atoms with E-state index in [-0.39, 0.29) is 18.9 Å². The van der Waals surface area contributed by atoms with Gasteiger partial charge in [-0.3, -0.25) is 6.58 Å². The third kappa shape index (κ3) is 7.62. The van der Waals surface area contributed by atoms with E-state index in [1.165, 1.54) is 6.08 Å². The normalized spacial score (nSPS) is 10.8. The van der Waals surface area contributed by atoms with Crippen molar-refractivity contribution in [2.45, 2.75) is 6.92 Å².